The molecule has 1 aromatic rings. The van der Waals surface area contributed by atoms with Gasteiger partial charge in [-0.2, -0.15) is 0 Å². The van der Waals surface area contributed by atoms with Gasteiger partial charge in [0.15, 0.2) is 0 Å². The Hall–Kier alpha value is -1.51. The van der Waals surface area contributed by atoms with E-state index in [9.17, 15) is 4.79 Å². The lowest BCUT2D eigenvalue weighted by Gasteiger charge is -2.45. The van der Waals surface area contributed by atoms with Gasteiger partial charge in [-0.25, -0.2) is 0 Å². The Morgan fingerprint density at radius 3 is 2.09 bits per heavy atom. The Morgan fingerprint density at radius 2 is 1.61 bits per heavy atom. The van der Waals surface area contributed by atoms with Gasteiger partial charge in [-0.05, 0) is 41.9 Å². The van der Waals surface area contributed by atoms with Crippen LogP contribution in [0.4, 0.5) is 5.69 Å². The molecule has 0 atom stereocenters. The second-order valence-electron chi connectivity index (χ2n) is 8.33. The highest BCUT2D eigenvalue weighted by Gasteiger charge is 2.42. The van der Waals surface area contributed by atoms with Crippen LogP contribution in [0.1, 0.15) is 52.0 Å². The minimum absolute atomic E-state index is 0.280. The average Bonchev–Trinajstić information content (AvgIpc) is 2.52. The summed E-state index contributed by atoms with van der Waals surface area (Å²) < 4.78 is 0. The smallest absolute Gasteiger partial charge is 0.225 e. The molecule has 1 aliphatic carbocycles. The van der Waals surface area contributed by atoms with E-state index in [4.69, 9.17) is 0 Å². The molecule has 0 radical (unpaired) electrons. The number of nitrogens with zero attached hydrogens (tertiary/aromatic N) is 2. The van der Waals surface area contributed by atoms with Crippen LogP contribution >= 0.6 is 0 Å². The average molecular weight is 314 g/mol. The Morgan fingerprint density at radius 1 is 1.04 bits per heavy atom. The van der Waals surface area contributed by atoms with Gasteiger partial charge < -0.3 is 9.80 Å². The lowest BCUT2D eigenvalue weighted by Crippen LogP contribution is -2.53. The second kappa shape index (κ2) is 6.18. The summed E-state index contributed by atoms with van der Waals surface area (Å²) in [5.74, 6) is 1.24. The van der Waals surface area contributed by atoms with Crippen molar-refractivity contribution in [3.05, 3.63) is 29.8 Å². The van der Waals surface area contributed by atoms with Crippen LogP contribution in [0, 0.1) is 11.3 Å². The molecule has 1 amide bonds. The van der Waals surface area contributed by atoms with Crippen molar-refractivity contribution >= 4 is 11.6 Å². The molecular formula is C20H30N2O. The Labute approximate surface area is 140 Å². The van der Waals surface area contributed by atoms with Gasteiger partial charge in [0.05, 0.1) is 0 Å². The predicted molar refractivity (Wildman–Crippen MR) is 95.8 cm³/mol. The largest absolute Gasteiger partial charge is 0.368 e. The van der Waals surface area contributed by atoms with Crippen LogP contribution in [0.2, 0.25) is 0 Å². The molecule has 0 bridgehead atoms. The van der Waals surface area contributed by atoms with E-state index in [-0.39, 0.29) is 5.92 Å². The molecule has 3 nitrogen and oxygen atoms in total. The van der Waals surface area contributed by atoms with E-state index in [2.05, 4.69) is 61.8 Å². The predicted octanol–water partition coefficient (Wildman–Crippen LogP) is 3.89. The first-order valence-electron chi connectivity index (χ1n) is 8.99. The Bertz CT molecular complexity index is 546. The third-order valence-electron chi connectivity index (χ3n) is 5.46. The van der Waals surface area contributed by atoms with E-state index in [1.165, 1.54) is 11.3 Å². The van der Waals surface area contributed by atoms with Crippen molar-refractivity contribution in [1.29, 1.82) is 0 Å². The topological polar surface area (TPSA) is 23.6 Å². The fourth-order valence-corrected chi connectivity index (χ4v) is 3.96. The van der Waals surface area contributed by atoms with Crippen molar-refractivity contribution in [3.63, 3.8) is 0 Å². The standard InChI is InChI=1S/C20H30N2O/c1-15(2)16-5-7-18(8-6-16)21-9-11-22(12-10-21)19(23)17-13-20(3,4)14-17/h5-8,15,17H,9-14H2,1-4H3. The molecule has 126 valence electrons. The summed E-state index contributed by atoms with van der Waals surface area (Å²) in [5, 5.41) is 0. The Kier molecular flexibility index (Phi) is 4.39. The first kappa shape index (κ1) is 16.4. The summed E-state index contributed by atoms with van der Waals surface area (Å²) in [5.41, 5.74) is 3.04. The molecule has 1 saturated heterocycles. The quantitative estimate of drug-likeness (QED) is 0.845. The van der Waals surface area contributed by atoms with Crippen LogP contribution in [-0.4, -0.2) is 37.0 Å². The van der Waals surface area contributed by atoms with E-state index in [0.29, 0.717) is 17.2 Å². The molecule has 1 aliphatic heterocycles. The van der Waals surface area contributed by atoms with E-state index in [1.54, 1.807) is 0 Å². The summed E-state index contributed by atoms with van der Waals surface area (Å²) >= 11 is 0. The molecule has 1 saturated carbocycles. The number of benzene rings is 1. The van der Waals surface area contributed by atoms with Gasteiger partial charge in [-0.1, -0.05) is 39.8 Å². The van der Waals surface area contributed by atoms with Crippen LogP contribution in [0.3, 0.4) is 0 Å². The molecular weight excluding hydrogens is 284 g/mol. The monoisotopic (exact) mass is 314 g/mol. The summed E-state index contributed by atoms with van der Waals surface area (Å²) in [6.45, 7) is 12.6. The van der Waals surface area contributed by atoms with Crippen molar-refractivity contribution in [2.24, 2.45) is 11.3 Å². The minimum Gasteiger partial charge on any atom is -0.368 e. The molecule has 3 heteroatoms. The number of piperazine rings is 1. The van der Waals surface area contributed by atoms with Gasteiger partial charge in [-0.3, -0.25) is 4.79 Å². The maximum absolute atomic E-state index is 12.5. The normalized spacial score (nSPS) is 21.4. The molecule has 23 heavy (non-hydrogen) atoms. The minimum atomic E-state index is 0.280. The number of carbonyl (C=O) groups excluding carboxylic acids is 1. The summed E-state index contributed by atoms with van der Waals surface area (Å²) in [4.78, 5) is 17.0. The molecule has 0 N–H and O–H groups in total. The number of anilines is 1. The van der Waals surface area contributed by atoms with E-state index >= 15 is 0 Å². The highest BCUT2D eigenvalue weighted by molar-refractivity contribution is 5.80. The fraction of sp³-hybridized carbons (Fsp3) is 0.650. The lowest BCUT2D eigenvalue weighted by molar-refractivity contribution is -0.142. The highest BCUT2D eigenvalue weighted by Crippen LogP contribution is 2.45. The van der Waals surface area contributed by atoms with Crippen LogP contribution in [-0.2, 0) is 4.79 Å². The van der Waals surface area contributed by atoms with Crippen LogP contribution < -0.4 is 4.90 Å². The van der Waals surface area contributed by atoms with Gasteiger partial charge in [0.2, 0.25) is 5.91 Å². The van der Waals surface area contributed by atoms with E-state index in [1.807, 2.05) is 0 Å². The Balaban J connectivity index is 1.53. The summed E-state index contributed by atoms with van der Waals surface area (Å²) in [6, 6.07) is 8.91. The van der Waals surface area contributed by atoms with Gasteiger partial charge in [-0.15, -0.1) is 0 Å². The van der Waals surface area contributed by atoms with Gasteiger partial charge in [0.1, 0.15) is 0 Å². The zero-order valence-electron chi connectivity index (χ0n) is 15.0. The molecule has 1 aromatic carbocycles. The zero-order chi connectivity index (χ0) is 16.6. The molecule has 0 spiro atoms. The number of rotatable bonds is 3. The third-order valence-corrected chi connectivity index (χ3v) is 5.46. The van der Waals surface area contributed by atoms with Crippen molar-refractivity contribution in [2.45, 2.75) is 46.5 Å². The molecule has 0 aromatic heterocycles. The van der Waals surface area contributed by atoms with Crippen LogP contribution in [0.25, 0.3) is 0 Å². The summed E-state index contributed by atoms with van der Waals surface area (Å²) in [6.07, 6.45) is 2.12. The molecule has 1 heterocycles. The third kappa shape index (κ3) is 3.54. The highest BCUT2D eigenvalue weighted by atomic mass is 16.2. The molecule has 3 rings (SSSR count). The van der Waals surface area contributed by atoms with E-state index < -0.39 is 0 Å². The van der Waals surface area contributed by atoms with Crippen molar-refractivity contribution in [2.75, 3.05) is 31.1 Å². The SMILES string of the molecule is CC(C)c1ccc(N2CCN(C(=O)C3CC(C)(C)C3)CC2)cc1. The van der Waals surface area contributed by atoms with Gasteiger partial charge in [0, 0.05) is 37.8 Å². The van der Waals surface area contributed by atoms with Crippen molar-refractivity contribution < 1.29 is 4.79 Å². The first-order valence-corrected chi connectivity index (χ1v) is 8.99. The fourth-order valence-electron chi connectivity index (χ4n) is 3.96. The van der Waals surface area contributed by atoms with Crippen molar-refractivity contribution in [1.82, 2.24) is 4.90 Å². The van der Waals surface area contributed by atoms with E-state index in [0.717, 1.165) is 39.0 Å². The van der Waals surface area contributed by atoms with Gasteiger partial charge in [0.25, 0.3) is 0 Å². The number of amides is 1. The first-order chi connectivity index (χ1) is 10.9. The maximum atomic E-state index is 12.5. The van der Waals surface area contributed by atoms with Crippen LogP contribution in [0.5, 0.6) is 0 Å². The molecule has 2 aliphatic rings. The van der Waals surface area contributed by atoms with Crippen LogP contribution in [0.15, 0.2) is 24.3 Å². The number of carbonyl (C=O) groups is 1. The zero-order valence-corrected chi connectivity index (χ0v) is 15.0. The molecule has 2 fully saturated rings. The maximum Gasteiger partial charge on any atom is 0.225 e. The molecule has 0 unspecified atom stereocenters. The van der Waals surface area contributed by atoms with Crippen molar-refractivity contribution in [3.8, 4) is 0 Å². The number of hydrogen-bond donors (Lipinski definition) is 0. The second-order valence-corrected chi connectivity index (χ2v) is 8.33. The lowest BCUT2D eigenvalue weighted by atomic mass is 9.64. The number of hydrogen-bond acceptors (Lipinski definition) is 2. The van der Waals surface area contributed by atoms with Gasteiger partial charge >= 0.3 is 0 Å². The summed E-state index contributed by atoms with van der Waals surface area (Å²) in [7, 11) is 0.